The number of anilines is 2. The molecule has 0 amide bonds. The number of hydrogen-bond acceptors (Lipinski definition) is 6. The monoisotopic (exact) mass is 281 g/mol. The summed E-state index contributed by atoms with van der Waals surface area (Å²) < 4.78 is 0. The lowest BCUT2D eigenvalue weighted by molar-refractivity contribution is -0.384. The van der Waals surface area contributed by atoms with E-state index in [-0.39, 0.29) is 17.9 Å². The molecule has 1 atom stereocenters. The normalized spacial score (nSPS) is 15.9. The highest BCUT2D eigenvalue weighted by Gasteiger charge is 2.32. The first kappa shape index (κ1) is 14.1. The Bertz CT molecular complexity index is 570. The molecular formula is C12H15N3O5. The lowest BCUT2D eigenvalue weighted by atomic mass is 10.1. The number of carboxylic acids is 1. The van der Waals surface area contributed by atoms with Crippen molar-refractivity contribution in [2.24, 2.45) is 0 Å². The number of nitro benzene ring substituents is 1. The number of carboxylic acid groups (broad SMARTS) is 1. The molecular weight excluding hydrogens is 266 g/mol. The molecule has 108 valence electrons. The maximum absolute atomic E-state index is 11.0. The Morgan fingerprint density at radius 3 is 2.90 bits per heavy atom. The molecule has 20 heavy (non-hydrogen) atoms. The van der Waals surface area contributed by atoms with Crippen LogP contribution < -0.4 is 10.6 Å². The predicted octanol–water partition coefficient (Wildman–Crippen LogP) is 0.810. The summed E-state index contributed by atoms with van der Waals surface area (Å²) in [6, 6.07) is 2.98. The molecule has 4 N–H and O–H groups in total. The van der Waals surface area contributed by atoms with Crippen LogP contribution in [0.25, 0.3) is 0 Å². The molecule has 1 unspecified atom stereocenters. The second-order valence-electron chi connectivity index (χ2n) is 4.85. The van der Waals surface area contributed by atoms with Crippen LogP contribution in [-0.2, 0) is 11.2 Å². The van der Waals surface area contributed by atoms with Gasteiger partial charge in [-0.15, -0.1) is 0 Å². The van der Waals surface area contributed by atoms with Gasteiger partial charge in [-0.05, 0) is 19.4 Å². The highest BCUT2D eigenvalue weighted by Crippen LogP contribution is 2.37. The third kappa shape index (κ3) is 2.50. The molecule has 8 nitrogen and oxygen atoms in total. The third-order valence-electron chi connectivity index (χ3n) is 3.25. The molecule has 1 aromatic rings. The predicted molar refractivity (Wildman–Crippen MR) is 72.0 cm³/mol. The number of nitrogens with one attached hydrogen (secondary N) is 2. The molecule has 0 saturated heterocycles. The van der Waals surface area contributed by atoms with Crippen LogP contribution in [0.15, 0.2) is 12.1 Å². The van der Waals surface area contributed by atoms with Gasteiger partial charge in [0.05, 0.1) is 11.5 Å². The smallest absolute Gasteiger partial charge is 0.337 e. The van der Waals surface area contributed by atoms with Crippen LogP contribution >= 0.6 is 0 Å². The van der Waals surface area contributed by atoms with Gasteiger partial charge in [0.2, 0.25) is 0 Å². The fraction of sp³-hybridized carbons (Fsp3) is 0.417. The quantitative estimate of drug-likeness (QED) is 0.465. The van der Waals surface area contributed by atoms with Crippen molar-refractivity contribution in [2.75, 3.05) is 23.7 Å². The summed E-state index contributed by atoms with van der Waals surface area (Å²) in [5.74, 6) is -1.39. The number of aliphatic carboxylic acids is 1. The first-order valence-corrected chi connectivity index (χ1v) is 6.06. The minimum absolute atomic E-state index is 0.131. The van der Waals surface area contributed by atoms with Crippen molar-refractivity contribution in [3.63, 3.8) is 0 Å². The number of hydrogen-bond donors (Lipinski definition) is 4. The van der Waals surface area contributed by atoms with Crippen molar-refractivity contribution >= 4 is 23.0 Å². The van der Waals surface area contributed by atoms with Crippen molar-refractivity contribution in [3.05, 3.63) is 27.8 Å². The minimum Gasteiger partial charge on any atom is -0.479 e. The maximum atomic E-state index is 11.0. The average Bonchev–Trinajstić information content (AvgIpc) is 2.83. The van der Waals surface area contributed by atoms with Gasteiger partial charge in [-0.2, -0.15) is 0 Å². The molecule has 2 rings (SSSR count). The van der Waals surface area contributed by atoms with E-state index >= 15 is 0 Å². The first-order valence-electron chi connectivity index (χ1n) is 6.06. The van der Waals surface area contributed by atoms with Gasteiger partial charge in [0.1, 0.15) is 5.69 Å². The van der Waals surface area contributed by atoms with E-state index in [1.165, 1.54) is 6.07 Å². The molecule has 0 saturated carbocycles. The Morgan fingerprint density at radius 1 is 1.60 bits per heavy atom. The number of benzene rings is 1. The molecule has 0 spiro atoms. The highest BCUT2D eigenvalue weighted by molar-refractivity contribution is 5.80. The second kappa shape index (κ2) is 4.97. The van der Waals surface area contributed by atoms with E-state index in [2.05, 4.69) is 10.6 Å². The van der Waals surface area contributed by atoms with Gasteiger partial charge in [-0.3, -0.25) is 10.1 Å². The van der Waals surface area contributed by atoms with Gasteiger partial charge in [0.25, 0.3) is 5.69 Å². The van der Waals surface area contributed by atoms with Gasteiger partial charge in [0.15, 0.2) is 5.60 Å². The molecule has 0 fully saturated rings. The van der Waals surface area contributed by atoms with Gasteiger partial charge in [-0.25, -0.2) is 4.79 Å². The topological polar surface area (TPSA) is 125 Å². The van der Waals surface area contributed by atoms with Crippen LogP contribution in [0.2, 0.25) is 0 Å². The number of fused-ring (bicyclic) bond motifs is 1. The Labute approximate surface area is 114 Å². The van der Waals surface area contributed by atoms with Gasteiger partial charge in [-0.1, -0.05) is 0 Å². The number of aliphatic hydroxyl groups is 1. The summed E-state index contributed by atoms with van der Waals surface area (Å²) >= 11 is 0. The molecule has 1 aliphatic heterocycles. The van der Waals surface area contributed by atoms with E-state index in [1.807, 2.05) is 0 Å². The van der Waals surface area contributed by atoms with E-state index in [9.17, 15) is 20.0 Å². The van der Waals surface area contributed by atoms with Crippen molar-refractivity contribution in [1.82, 2.24) is 0 Å². The Kier molecular flexibility index (Phi) is 3.49. The summed E-state index contributed by atoms with van der Waals surface area (Å²) in [4.78, 5) is 21.4. The molecule has 0 bridgehead atoms. The largest absolute Gasteiger partial charge is 0.479 e. The van der Waals surface area contributed by atoms with Crippen LogP contribution in [0.4, 0.5) is 17.1 Å². The average molecular weight is 281 g/mol. The van der Waals surface area contributed by atoms with Gasteiger partial charge >= 0.3 is 5.97 Å². The molecule has 1 heterocycles. The zero-order chi connectivity index (χ0) is 14.9. The molecule has 8 heteroatoms. The van der Waals surface area contributed by atoms with Crippen molar-refractivity contribution in [3.8, 4) is 0 Å². The summed E-state index contributed by atoms with van der Waals surface area (Å²) in [6.45, 7) is 1.48. The molecule has 0 radical (unpaired) electrons. The second-order valence-corrected chi connectivity index (χ2v) is 4.85. The summed E-state index contributed by atoms with van der Waals surface area (Å²) in [6.07, 6.45) is 0.606. The van der Waals surface area contributed by atoms with E-state index < -0.39 is 16.5 Å². The number of carbonyl (C=O) groups is 1. The van der Waals surface area contributed by atoms with Crippen molar-refractivity contribution in [2.45, 2.75) is 18.9 Å². The molecule has 0 aromatic heterocycles. The summed E-state index contributed by atoms with van der Waals surface area (Å²) in [7, 11) is 0. The van der Waals surface area contributed by atoms with E-state index in [1.54, 1.807) is 6.07 Å². The summed E-state index contributed by atoms with van der Waals surface area (Å²) in [5.41, 5.74) is -0.344. The molecule has 1 aromatic carbocycles. The van der Waals surface area contributed by atoms with E-state index in [0.717, 1.165) is 18.2 Å². The van der Waals surface area contributed by atoms with Gasteiger partial charge < -0.3 is 20.8 Å². The molecule has 1 aliphatic rings. The zero-order valence-corrected chi connectivity index (χ0v) is 10.8. The van der Waals surface area contributed by atoms with Crippen molar-refractivity contribution in [1.29, 1.82) is 0 Å². The number of nitrogens with zero attached hydrogens (tertiary/aromatic N) is 1. The fourth-order valence-electron chi connectivity index (χ4n) is 2.07. The lowest BCUT2D eigenvalue weighted by Crippen LogP contribution is -2.42. The van der Waals surface area contributed by atoms with Crippen LogP contribution in [0, 0.1) is 10.1 Å². The van der Waals surface area contributed by atoms with Crippen LogP contribution in [0.1, 0.15) is 12.5 Å². The fourth-order valence-corrected chi connectivity index (χ4v) is 2.07. The number of nitro groups is 1. The third-order valence-corrected chi connectivity index (χ3v) is 3.25. The molecule has 0 aliphatic carbocycles. The van der Waals surface area contributed by atoms with Crippen molar-refractivity contribution < 1.29 is 19.9 Å². The minimum atomic E-state index is -2.00. The Morgan fingerprint density at radius 2 is 2.30 bits per heavy atom. The van der Waals surface area contributed by atoms with Gasteiger partial charge in [0, 0.05) is 23.9 Å². The van der Waals surface area contributed by atoms with E-state index in [0.29, 0.717) is 13.0 Å². The summed E-state index contributed by atoms with van der Waals surface area (Å²) in [5, 5.41) is 35.4. The highest BCUT2D eigenvalue weighted by atomic mass is 16.6. The maximum Gasteiger partial charge on any atom is 0.337 e. The Balaban J connectivity index is 2.33. The number of rotatable bonds is 5. The first-order chi connectivity index (χ1) is 9.33. The standard InChI is InChI=1S/C12H15N3O5/c1-12(18,11(16)17)6-14-10-7-4-5-13-8(7)2-3-9(10)15(19)20/h2-3,13-14,18H,4-6H2,1H3,(H,16,17). The Hall–Kier alpha value is -2.35. The SMILES string of the molecule is CC(O)(CNc1c([N+](=O)[O-])ccc2c1CCN2)C(=O)O. The van der Waals surface area contributed by atoms with E-state index in [4.69, 9.17) is 5.11 Å². The van der Waals surface area contributed by atoms with Crippen LogP contribution in [0.3, 0.4) is 0 Å². The zero-order valence-electron chi connectivity index (χ0n) is 10.8. The van der Waals surface area contributed by atoms with Crippen LogP contribution in [-0.4, -0.2) is 39.8 Å². The van der Waals surface area contributed by atoms with Crippen LogP contribution in [0.5, 0.6) is 0 Å². The lowest BCUT2D eigenvalue weighted by Gasteiger charge is -2.20.